The Morgan fingerprint density at radius 2 is 1.67 bits per heavy atom. The molecule has 9 heteroatoms. The molecule has 0 aliphatic rings. The molecule has 0 spiro atoms. The van der Waals surface area contributed by atoms with Gasteiger partial charge in [0.25, 0.3) is 11.9 Å². The topological polar surface area (TPSA) is 37.3 Å². The number of nitrogens with one attached hydrogen (secondary N) is 1. The molecule has 1 N–H and O–H groups in total. The second-order valence-electron chi connectivity index (χ2n) is 3.71. The molecule has 0 fully saturated rings. The quantitative estimate of drug-likeness (QED) is 0.390. The molecule has 0 aliphatic carbocycles. The van der Waals surface area contributed by atoms with Crippen LogP contribution in [0.3, 0.4) is 0 Å². The van der Waals surface area contributed by atoms with E-state index in [2.05, 4.69) is 10.1 Å². The Balaban J connectivity index is 2.28. The maximum absolute atomic E-state index is 13.3. The predicted octanol–water partition coefficient (Wildman–Crippen LogP) is 4.39. The Morgan fingerprint density at radius 3 is 2.29 bits per heavy atom. The van der Waals surface area contributed by atoms with Crippen molar-refractivity contribution < 1.29 is 17.6 Å². The minimum Gasteiger partial charge on any atom is -0.272 e. The molecule has 2 rings (SSSR count). The largest absolute Gasteiger partial charge is 0.272 e. The molecule has 1 aromatic heterocycles. The second kappa shape index (κ2) is 6.28. The monoisotopic (exact) mass is 337 g/mol. The fraction of sp³-hybridized carbons (Fsp3) is 0. The smallest absolute Gasteiger partial charge is 0.254 e. The van der Waals surface area contributed by atoms with E-state index >= 15 is 0 Å². The Hall–Kier alpha value is -1.86. The molecule has 0 saturated carbocycles. The molecule has 0 atom stereocenters. The van der Waals surface area contributed by atoms with Gasteiger partial charge in [-0.05, 0) is 6.07 Å². The molecule has 0 radical (unpaired) electrons. The lowest BCUT2D eigenvalue weighted by Gasteiger charge is -2.05. The van der Waals surface area contributed by atoms with Gasteiger partial charge in [-0.25, -0.2) is 0 Å². The van der Waals surface area contributed by atoms with Gasteiger partial charge in [-0.2, -0.15) is 27.6 Å². The Bertz CT molecular complexity index is 696. The number of hydrazone groups is 1. The van der Waals surface area contributed by atoms with Crippen LogP contribution >= 0.6 is 23.2 Å². The van der Waals surface area contributed by atoms with E-state index in [-0.39, 0.29) is 10.0 Å². The molecule has 1 heterocycles. The van der Waals surface area contributed by atoms with Gasteiger partial charge in [-0.1, -0.05) is 35.3 Å². The molecule has 0 amide bonds. The molecule has 0 aliphatic heterocycles. The summed E-state index contributed by atoms with van der Waals surface area (Å²) >= 11 is 11.6. The van der Waals surface area contributed by atoms with Crippen LogP contribution in [0.2, 0.25) is 10.0 Å². The third kappa shape index (κ3) is 3.25. The highest BCUT2D eigenvalue weighted by molar-refractivity contribution is 6.43. The Kier molecular flexibility index (Phi) is 4.64. The lowest BCUT2D eigenvalue weighted by Crippen LogP contribution is -2.05. The van der Waals surface area contributed by atoms with Crippen molar-refractivity contribution >= 4 is 35.1 Å². The number of hydrogen-bond donors (Lipinski definition) is 1. The zero-order valence-corrected chi connectivity index (χ0v) is 11.5. The fourth-order valence-corrected chi connectivity index (χ4v) is 1.73. The number of aromatic nitrogens is 1. The molecule has 2 aromatic rings. The first-order valence-electron chi connectivity index (χ1n) is 5.35. The lowest BCUT2D eigenvalue weighted by atomic mass is 10.2. The van der Waals surface area contributed by atoms with E-state index in [4.69, 9.17) is 23.2 Å². The number of anilines is 1. The van der Waals surface area contributed by atoms with Crippen LogP contribution in [0.25, 0.3) is 0 Å². The molecule has 21 heavy (non-hydrogen) atoms. The summed E-state index contributed by atoms with van der Waals surface area (Å²) in [6, 6.07) is 4.63. The predicted molar refractivity (Wildman–Crippen MR) is 71.7 cm³/mol. The fourth-order valence-electron chi connectivity index (χ4n) is 1.37. The van der Waals surface area contributed by atoms with E-state index in [0.717, 1.165) is 6.21 Å². The lowest BCUT2D eigenvalue weighted by molar-refractivity contribution is 0.411. The van der Waals surface area contributed by atoms with Crippen LogP contribution in [0.1, 0.15) is 5.56 Å². The van der Waals surface area contributed by atoms with Crippen LogP contribution in [0.15, 0.2) is 23.3 Å². The standard InChI is InChI=1S/C12H5Cl2F4N3/c13-6-3-1-2-5(7(6)14)4-19-21-10-8(15)11(17)20-12(18)9(10)16/h1-4H,(H,20,21)/b19-4+. The molecular weight excluding hydrogens is 333 g/mol. The summed E-state index contributed by atoms with van der Waals surface area (Å²) in [4.78, 5) is 2.41. The van der Waals surface area contributed by atoms with Gasteiger partial charge < -0.3 is 0 Å². The third-order valence-electron chi connectivity index (χ3n) is 2.36. The summed E-state index contributed by atoms with van der Waals surface area (Å²) in [5.41, 5.74) is 1.09. The molecule has 110 valence electrons. The van der Waals surface area contributed by atoms with E-state index in [1.165, 1.54) is 12.1 Å². The zero-order chi connectivity index (χ0) is 15.6. The first-order valence-corrected chi connectivity index (χ1v) is 6.10. The van der Waals surface area contributed by atoms with Crippen molar-refractivity contribution in [2.24, 2.45) is 5.10 Å². The van der Waals surface area contributed by atoms with Crippen molar-refractivity contribution in [1.82, 2.24) is 4.98 Å². The normalized spacial score (nSPS) is 11.1. The van der Waals surface area contributed by atoms with Crippen LogP contribution in [0, 0.1) is 23.5 Å². The van der Waals surface area contributed by atoms with Crippen LogP contribution in [0.4, 0.5) is 23.2 Å². The number of halogens is 6. The molecule has 1 aromatic carbocycles. The molecule has 0 bridgehead atoms. The first-order chi connectivity index (χ1) is 9.91. The highest BCUT2D eigenvalue weighted by Crippen LogP contribution is 2.25. The summed E-state index contributed by atoms with van der Waals surface area (Å²) < 4.78 is 52.3. The average molecular weight is 338 g/mol. The van der Waals surface area contributed by atoms with Gasteiger partial charge >= 0.3 is 0 Å². The number of pyridine rings is 1. The maximum Gasteiger partial charge on any atom is 0.254 e. The maximum atomic E-state index is 13.3. The minimum atomic E-state index is -1.78. The zero-order valence-electron chi connectivity index (χ0n) is 9.97. The van der Waals surface area contributed by atoms with Crippen LogP contribution in [-0.2, 0) is 0 Å². The van der Waals surface area contributed by atoms with Crippen LogP contribution < -0.4 is 5.43 Å². The van der Waals surface area contributed by atoms with E-state index in [0.29, 0.717) is 5.56 Å². The van der Waals surface area contributed by atoms with Gasteiger partial charge in [-0.3, -0.25) is 5.43 Å². The summed E-state index contributed by atoms with van der Waals surface area (Å²) in [6.07, 6.45) is 1.09. The van der Waals surface area contributed by atoms with Crippen LogP contribution in [-0.4, -0.2) is 11.2 Å². The first kappa shape index (κ1) is 15.5. The van der Waals surface area contributed by atoms with Gasteiger partial charge in [0.05, 0.1) is 16.3 Å². The van der Waals surface area contributed by atoms with Crippen molar-refractivity contribution in [3.05, 3.63) is 57.3 Å². The molecule has 0 unspecified atom stereocenters. The van der Waals surface area contributed by atoms with E-state index < -0.39 is 29.2 Å². The second-order valence-corrected chi connectivity index (χ2v) is 4.49. The SMILES string of the molecule is Fc1nc(F)c(F)c(N/N=C/c2cccc(Cl)c2Cl)c1F. The van der Waals surface area contributed by atoms with E-state index in [1.54, 1.807) is 6.07 Å². The summed E-state index contributed by atoms with van der Waals surface area (Å²) in [7, 11) is 0. The van der Waals surface area contributed by atoms with Gasteiger partial charge in [0.1, 0.15) is 5.69 Å². The molecule has 0 saturated heterocycles. The van der Waals surface area contributed by atoms with Gasteiger partial charge in [0, 0.05) is 5.56 Å². The number of rotatable bonds is 3. The van der Waals surface area contributed by atoms with Gasteiger partial charge in [0.2, 0.25) is 11.6 Å². The van der Waals surface area contributed by atoms with E-state index in [9.17, 15) is 17.6 Å². The van der Waals surface area contributed by atoms with E-state index in [1.807, 2.05) is 5.43 Å². The number of benzene rings is 1. The molecular formula is C12H5Cl2F4N3. The van der Waals surface area contributed by atoms with Crippen molar-refractivity contribution in [3.63, 3.8) is 0 Å². The highest BCUT2D eigenvalue weighted by atomic mass is 35.5. The number of nitrogens with zero attached hydrogens (tertiary/aromatic N) is 2. The Labute approximate surface area is 126 Å². The summed E-state index contributed by atoms with van der Waals surface area (Å²) in [5.74, 6) is -6.95. The highest BCUT2D eigenvalue weighted by Gasteiger charge is 2.20. The summed E-state index contributed by atoms with van der Waals surface area (Å²) in [6.45, 7) is 0. The third-order valence-corrected chi connectivity index (χ3v) is 3.19. The van der Waals surface area contributed by atoms with Crippen molar-refractivity contribution in [1.29, 1.82) is 0 Å². The van der Waals surface area contributed by atoms with Crippen LogP contribution in [0.5, 0.6) is 0 Å². The summed E-state index contributed by atoms with van der Waals surface area (Å²) in [5, 5.41) is 3.87. The van der Waals surface area contributed by atoms with Crippen molar-refractivity contribution in [3.8, 4) is 0 Å². The Morgan fingerprint density at radius 1 is 1.05 bits per heavy atom. The van der Waals surface area contributed by atoms with Crippen molar-refractivity contribution in [2.45, 2.75) is 0 Å². The average Bonchev–Trinajstić information content (AvgIpc) is 2.45. The number of hydrogen-bond acceptors (Lipinski definition) is 3. The van der Waals surface area contributed by atoms with Gasteiger partial charge in [0.15, 0.2) is 0 Å². The van der Waals surface area contributed by atoms with Gasteiger partial charge in [-0.15, -0.1) is 0 Å². The molecule has 3 nitrogen and oxygen atoms in total. The van der Waals surface area contributed by atoms with Crippen molar-refractivity contribution in [2.75, 3.05) is 5.43 Å². The minimum absolute atomic E-state index is 0.165.